The van der Waals surface area contributed by atoms with E-state index in [1.165, 1.54) is 4.57 Å². The van der Waals surface area contributed by atoms with Crippen molar-refractivity contribution in [2.75, 3.05) is 5.32 Å². The summed E-state index contributed by atoms with van der Waals surface area (Å²) in [6.07, 6.45) is 3.78. The lowest BCUT2D eigenvalue weighted by molar-refractivity contribution is 0.102. The number of carbonyl (C=O) groups is 1. The van der Waals surface area contributed by atoms with Crippen LogP contribution in [0.15, 0.2) is 46.1 Å². The number of hydrogen-bond acceptors (Lipinski definition) is 4. The summed E-state index contributed by atoms with van der Waals surface area (Å²) < 4.78 is 1.40. The van der Waals surface area contributed by atoms with Gasteiger partial charge < -0.3 is 10.3 Å². The standard InChI is InChI=1S/C21H19N5O3/c1-2-26-18-17(20(28)25-21(26)29)13(10-16(23-18)11-6-7-11)19(27)24-15-5-3-4-14-12(15)8-9-22-14/h3-5,8-11,22H,2,6-7H2,1H3,(H,24,27)(H,25,28,29). The molecule has 3 heterocycles. The van der Waals surface area contributed by atoms with Crippen LogP contribution in [-0.4, -0.2) is 25.4 Å². The summed E-state index contributed by atoms with van der Waals surface area (Å²) in [5.74, 6) is -0.140. The molecule has 8 heteroatoms. The van der Waals surface area contributed by atoms with Crippen molar-refractivity contribution in [2.45, 2.75) is 32.2 Å². The molecular formula is C21H19N5O3. The third kappa shape index (κ3) is 2.84. The van der Waals surface area contributed by atoms with Crippen molar-refractivity contribution in [1.29, 1.82) is 0 Å². The fourth-order valence-corrected chi connectivity index (χ4v) is 3.74. The van der Waals surface area contributed by atoms with Crippen LogP contribution in [0.2, 0.25) is 0 Å². The third-order valence-corrected chi connectivity index (χ3v) is 5.37. The molecule has 5 rings (SSSR count). The minimum absolute atomic E-state index is 0.134. The fraction of sp³-hybridized carbons (Fsp3) is 0.238. The zero-order valence-corrected chi connectivity index (χ0v) is 15.8. The summed E-state index contributed by atoms with van der Waals surface area (Å²) in [4.78, 5) is 48.1. The molecule has 1 aliphatic carbocycles. The van der Waals surface area contributed by atoms with Crippen molar-refractivity contribution in [3.8, 4) is 0 Å². The minimum atomic E-state index is -0.602. The second-order valence-electron chi connectivity index (χ2n) is 7.27. The number of fused-ring (bicyclic) bond motifs is 2. The number of amides is 1. The van der Waals surface area contributed by atoms with Crippen LogP contribution < -0.4 is 16.6 Å². The number of pyridine rings is 1. The molecule has 0 spiro atoms. The van der Waals surface area contributed by atoms with E-state index in [1.807, 2.05) is 24.3 Å². The van der Waals surface area contributed by atoms with Crippen LogP contribution in [-0.2, 0) is 6.54 Å². The highest BCUT2D eigenvalue weighted by molar-refractivity contribution is 6.14. The van der Waals surface area contributed by atoms with E-state index in [4.69, 9.17) is 0 Å². The van der Waals surface area contributed by atoms with Crippen LogP contribution in [0.5, 0.6) is 0 Å². The topological polar surface area (TPSA) is 113 Å². The Labute approximate surface area is 164 Å². The first kappa shape index (κ1) is 17.4. The maximum absolute atomic E-state index is 13.2. The molecule has 1 fully saturated rings. The molecule has 3 aromatic heterocycles. The molecule has 4 aromatic rings. The number of H-pyrrole nitrogens is 2. The maximum Gasteiger partial charge on any atom is 0.329 e. The largest absolute Gasteiger partial charge is 0.361 e. The number of anilines is 1. The summed E-state index contributed by atoms with van der Waals surface area (Å²) in [6.45, 7) is 2.15. The van der Waals surface area contributed by atoms with Crippen molar-refractivity contribution in [2.24, 2.45) is 0 Å². The highest BCUT2D eigenvalue weighted by Gasteiger charge is 2.28. The number of aryl methyl sites for hydroxylation is 1. The normalized spacial score (nSPS) is 13.8. The van der Waals surface area contributed by atoms with Gasteiger partial charge in [-0.05, 0) is 44.0 Å². The van der Waals surface area contributed by atoms with Crippen LogP contribution >= 0.6 is 0 Å². The molecule has 0 radical (unpaired) electrons. The van der Waals surface area contributed by atoms with Crippen LogP contribution in [0.25, 0.3) is 21.9 Å². The average Bonchev–Trinajstić information content (AvgIpc) is 3.44. The summed E-state index contributed by atoms with van der Waals surface area (Å²) in [7, 11) is 0. The number of carbonyl (C=O) groups excluding carboxylic acids is 1. The summed E-state index contributed by atoms with van der Waals surface area (Å²) >= 11 is 0. The van der Waals surface area contributed by atoms with Crippen LogP contribution in [0, 0.1) is 0 Å². The number of aromatic amines is 2. The number of rotatable bonds is 4. The molecule has 0 atom stereocenters. The van der Waals surface area contributed by atoms with Crippen LogP contribution in [0.1, 0.15) is 41.7 Å². The van der Waals surface area contributed by atoms with E-state index in [0.29, 0.717) is 12.2 Å². The summed E-state index contributed by atoms with van der Waals surface area (Å²) in [5.41, 5.74) is 1.66. The first-order valence-corrected chi connectivity index (χ1v) is 9.62. The highest BCUT2D eigenvalue weighted by Crippen LogP contribution is 2.40. The highest BCUT2D eigenvalue weighted by atomic mass is 16.2. The Morgan fingerprint density at radius 1 is 1.28 bits per heavy atom. The predicted molar refractivity (Wildman–Crippen MR) is 111 cm³/mol. The van der Waals surface area contributed by atoms with E-state index < -0.39 is 17.2 Å². The van der Waals surface area contributed by atoms with Gasteiger partial charge in [-0.15, -0.1) is 0 Å². The molecule has 29 heavy (non-hydrogen) atoms. The van der Waals surface area contributed by atoms with E-state index in [-0.39, 0.29) is 22.5 Å². The number of nitrogens with zero attached hydrogens (tertiary/aromatic N) is 2. The molecule has 1 aliphatic rings. The van der Waals surface area contributed by atoms with Gasteiger partial charge in [0.05, 0.1) is 16.6 Å². The Morgan fingerprint density at radius 3 is 2.86 bits per heavy atom. The van der Waals surface area contributed by atoms with Gasteiger partial charge in [-0.25, -0.2) is 9.78 Å². The Balaban J connectivity index is 1.71. The van der Waals surface area contributed by atoms with E-state index in [1.54, 1.807) is 19.2 Å². The Kier molecular flexibility index (Phi) is 3.87. The first-order valence-electron chi connectivity index (χ1n) is 9.62. The number of aromatic nitrogens is 4. The molecule has 0 aliphatic heterocycles. The molecule has 1 aromatic carbocycles. The number of benzene rings is 1. The van der Waals surface area contributed by atoms with Gasteiger partial charge in [-0.1, -0.05) is 6.07 Å². The zero-order valence-electron chi connectivity index (χ0n) is 15.8. The van der Waals surface area contributed by atoms with Gasteiger partial charge in [-0.3, -0.25) is 19.1 Å². The Bertz CT molecular complexity index is 1390. The number of nitrogens with one attached hydrogen (secondary N) is 3. The van der Waals surface area contributed by atoms with Gasteiger partial charge in [0.2, 0.25) is 0 Å². The van der Waals surface area contributed by atoms with Crippen molar-refractivity contribution < 1.29 is 4.79 Å². The second-order valence-corrected chi connectivity index (χ2v) is 7.27. The minimum Gasteiger partial charge on any atom is -0.361 e. The van der Waals surface area contributed by atoms with E-state index in [9.17, 15) is 14.4 Å². The zero-order chi connectivity index (χ0) is 20.1. The molecule has 1 amide bonds. The lowest BCUT2D eigenvalue weighted by atomic mass is 10.1. The lowest BCUT2D eigenvalue weighted by Crippen LogP contribution is -2.32. The Hall–Kier alpha value is -3.68. The summed E-state index contributed by atoms with van der Waals surface area (Å²) in [6, 6.07) is 9.14. The molecule has 0 saturated heterocycles. The predicted octanol–water partition coefficient (Wildman–Crippen LogP) is 2.72. The monoisotopic (exact) mass is 389 g/mol. The van der Waals surface area contributed by atoms with E-state index in [0.717, 1.165) is 29.4 Å². The van der Waals surface area contributed by atoms with E-state index >= 15 is 0 Å². The van der Waals surface area contributed by atoms with Crippen molar-refractivity contribution in [1.82, 2.24) is 19.5 Å². The first-order chi connectivity index (χ1) is 14.1. The third-order valence-electron chi connectivity index (χ3n) is 5.37. The molecule has 1 saturated carbocycles. The second kappa shape index (κ2) is 6.44. The fourth-order valence-electron chi connectivity index (χ4n) is 3.74. The van der Waals surface area contributed by atoms with Gasteiger partial charge in [-0.2, -0.15) is 0 Å². The van der Waals surface area contributed by atoms with Crippen molar-refractivity contribution in [3.63, 3.8) is 0 Å². The SMILES string of the molecule is CCn1c(=O)[nH]c(=O)c2c(C(=O)Nc3cccc4[nH]ccc34)cc(C3CC3)nc21. The quantitative estimate of drug-likeness (QED) is 0.498. The van der Waals surface area contributed by atoms with Crippen LogP contribution in [0.4, 0.5) is 5.69 Å². The molecule has 3 N–H and O–H groups in total. The molecule has 8 nitrogen and oxygen atoms in total. The van der Waals surface area contributed by atoms with E-state index in [2.05, 4.69) is 20.3 Å². The smallest absolute Gasteiger partial charge is 0.329 e. The van der Waals surface area contributed by atoms with Crippen molar-refractivity contribution >= 4 is 33.5 Å². The molecule has 0 unspecified atom stereocenters. The average molecular weight is 389 g/mol. The number of hydrogen-bond donors (Lipinski definition) is 3. The summed E-state index contributed by atoms with van der Waals surface area (Å²) in [5, 5.41) is 3.93. The molecular weight excluding hydrogens is 370 g/mol. The maximum atomic E-state index is 13.2. The van der Waals surface area contributed by atoms with Crippen molar-refractivity contribution in [3.05, 3.63) is 68.6 Å². The van der Waals surface area contributed by atoms with Crippen LogP contribution in [0.3, 0.4) is 0 Å². The van der Waals surface area contributed by atoms with Gasteiger partial charge in [0, 0.05) is 35.3 Å². The lowest BCUT2D eigenvalue weighted by Gasteiger charge is -2.13. The molecule has 0 bridgehead atoms. The van der Waals surface area contributed by atoms with Gasteiger partial charge in [0.1, 0.15) is 0 Å². The van der Waals surface area contributed by atoms with Gasteiger partial charge in [0.25, 0.3) is 11.5 Å². The molecule has 146 valence electrons. The Morgan fingerprint density at radius 2 is 2.10 bits per heavy atom. The van der Waals surface area contributed by atoms with Gasteiger partial charge in [0.15, 0.2) is 5.65 Å². The van der Waals surface area contributed by atoms with Gasteiger partial charge >= 0.3 is 5.69 Å².